The van der Waals surface area contributed by atoms with E-state index in [4.69, 9.17) is 0 Å². The third-order valence-corrected chi connectivity index (χ3v) is 9.64. The van der Waals surface area contributed by atoms with Gasteiger partial charge in [-0.25, -0.2) is 9.55 Å². The van der Waals surface area contributed by atoms with Crippen LogP contribution in [0.25, 0.3) is 0 Å². The Balaban J connectivity index is 2.36. The van der Waals surface area contributed by atoms with Gasteiger partial charge in [-0.2, -0.15) is 0 Å². The summed E-state index contributed by atoms with van der Waals surface area (Å²) >= 11 is 0. The summed E-state index contributed by atoms with van der Waals surface area (Å²) in [6.45, 7) is 9.41. The molecular formula is C39H77N2+. The van der Waals surface area contributed by atoms with E-state index in [1.807, 2.05) is 0 Å². The van der Waals surface area contributed by atoms with Gasteiger partial charge in [0.1, 0.15) is 12.4 Å². The molecule has 0 radical (unpaired) electrons. The molecule has 0 bridgehead atoms. The van der Waals surface area contributed by atoms with Crippen molar-refractivity contribution in [1.82, 2.24) is 4.98 Å². The fourth-order valence-electron chi connectivity index (χ4n) is 6.78. The molecule has 0 fully saturated rings. The molecule has 2 nitrogen and oxygen atoms in total. The Morgan fingerprint density at radius 2 is 0.780 bits per heavy atom. The molecule has 1 rings (SSSR count). The average molecular weight is 574 g/mol. The van der Waals surface area contributed by atoms with Crippen LogP contribution in [-0.4, -0.2) is 4.98 Å². The van der Waals surface area contributed by atoms with Gasteiger partial charge in [0.25, 0.3) is 5.82 Å². The monoisotopic (exact) mass is 574 g/mol. The van der Waals surface area contributed by atoms with Crippen LogP contribution < -0.4 is 4.57 Å². The van der Waals surface area contributed by atoms with Crippen LogP contribution in [0.5, 0.6) is 0 Å². The first kappa shape index (κ1) is 38.2. The Morgan fingerprint density at radius 1 is 0.463 bits per heavy atom. The first-order valence-electron chi connectivity index (χ1n) is 19.3. The van der Waals surface area contributed by atoms with Crippen molar-refractivity contribution >= 4 is 0 Å². The Labute approximate surface area is 259 Å². The van der Waals surface area contributed by atoms with Crippen LogP contribution in [-0.2, 0) is 0 Å². The maximum absolute atomic E-state index is 3.73. The SMILES string of the molecule is CCCCCCCCCCCCCCC(CCCCCCC)c1[nH]cc[n+]1C(C)CCCCCCCCCCCC. The van der Waals surface area contributed by atoms with E-state index in [0.29, 0.717) is 12.0 Å². The van der Waals surface area contributed by atoms with Crippen molar-refractivity contribution in [2.75, 3.05) is 0 Å². The fourth-order valence-corrected chi connectivity index (χ4v) is 6.78. The van der Waals surface area contributed by atoms with Crippen LogP contribution in [0.1, 0.15) is 238 Å². The molecule has 0 aliphatic heterocycles. The minimum atomic E-state index is 0.620. The van der Waals surface area contributed by atoms with Crippen molar-refractivity contribution in [3.05, 3.63) is 18.2 Å². The molecule has 2 heteroatoms. The van der Waals surface area contributed by atoms with Gasteiger partial charge < -0.3 is 0 Å². The number of rotatable bonds is 32. The summed E-state index contributed by atoms with van der Waals surface area (Å²) in [4.78, 5) is 3.73. The predicted molar refractivity (Wildman–Crippen MR) is 184 cm³/mol. The number of nitrogens with one attached hydrogen (secondary N) is 1. The molecule has 41 heavy (non-hydrogen) atoms. The zero-order valence-electron chi connectivity index (χ0n) is 29.0. The minimum absolute atomic E-state index is 0.620. The number of aromatic nitrogens is 2. The standard InChI is InChI=1S/C39H76N2/c1-5-8-11-14-16-18-20-21-23-25-28-31-34-38(33-30-26-13-10-7-3)39-40-35-36-41(39)37(4)32-29-27-24-22-19-17-15-12-9-6-2/h35-38H,5-34H2,1-4H3/p+1. The lowest BCUT2D eigenvalue weighted by Gasteiger charge is -2.17. The average Bonchev–Trinajstić information content (AvgIpc) is 3.47. The summed E-state index contributed by atoms with van der Waals surface area (Å²) in [6, 6.07) is 0.620. The molecule has 0 spiro atoms. The number of hydrogen-bond donors (Lipinski definition) is 1. The molecule has 2 unspecified atom stereocenters. The number of H-pyrrole nitrogens is 1. The Hall–Kier alpha value is -0.790. The lowest BCUT2D eigenvalue weighted by molar-refractivity contribution is -0.727. The van der Waals surface area contributed by atoms with Gasteiger partial charge in [-0.1, -0.05) is 188 Å². The highest BCUT2D eigenvalue weighted by molar-refractivity contribution is 4.90. The molecule has 0 aliphatic rings. The summed E-state index contributed by atoms with van der Waals surface area (Å²) in [7, 11) is 0. The molecule has 2 atom stereocenters. The van der Waals surface area contributed by atoms with Crippen LogP contribution in [0.15, 0.2) is 12.4 Å². The van der Waals surface area contributed by atoms with Gasteiger partial charge in [0, 0.05) is 0 Å². The second kappa shape index (κ2) is 29.3. The highest BCUT2D eigenvalue weighted by Crippen LogP contribution is 2.27. The van der Waals surface area contributed by atoms with Crippen molar-refractivity contribution in [2.24, 2.45) is 0 Å². The van der Waals surface area contributed by atoms with E-state index in [0.717, 1.165) is 0 Å². The van der Waals surface area contributed by atoms with Gasteiger partial charge in [0.05, 0.1) is 12.0 Å². The first-order chi connectivity index (χ1) is 20.2. The molecule has 1 heterocycles. The second-order valence-corrected chi connectivity index (χ2v) is 13.6. The summed E-state index contributed by atoms with van der Waals surface area (Å²) in [5.74, 6) is 2.24. The molecule has 0 saturated heterocycles. The molecule has 1 aromatic heterocycles. The third kappa shape index (κ3) is 21.5. The third-order valence-electron chi connectivity index (χ3n) is 9.64. The molecule has 1 N–H and O–H groups in total. The van der Waals surface area contributed by atoms with Crippen molar-refractivity contribution in [3.8, 4) is 0 Å². The molecule has 1 aromatic rings. The van der Waals surface area contributed by atoms with Gasteiger partial charge in [0.2, 0.25) is 0 Å². The van der Waals surface area contributed by atoms with E-state index >= 15 is 0 Å². The van der Waals surface area contributed by atoms with Crippen LogP contribution in [0.3, 0.4) is 0 Å². The van der Waals surface area contributed by atoms with Crippen molar-refractivity contribution in [3.63, 3.8) is 0 Å². The summed E-state index contributed by atoms with van der Waals surface area (Å²) in [5, 5.41) is 0. The molecular weight excluding hydrogens is 496 g/mol. The molecule has 0 aromatic carbocycles. The van der Waals surface area contributed by atoms with Gasteiger partial charge in [-0.05, 0) is 32.6 Å². The zero-order chi connectivity index (χ0) is 29.6. The molecule has 0 aliphatic carbocycles. The number of hydrogen-bond acceptors (Lipinski definition) is 0. The maximum Gasteiger partial charge on any atom is 0.257 e. The van der Waals surface area contributed by atoms with Crippen molar-refractivity contribution in [2.45, 2.75) is 232 Å². The first-order valence-corrected chi connectivity index (χ1v) is 19.3. The quantitative estimate of drug-likeness (QED) is 0.0653. The number of imidazole rings is 1. The number of unbranched alkanes of at least 4 members (excludes halogenated alkanes) is 24. The van der Waals surface area contributed by atoms with E-state index in [1.165, 1.54) is 198 Å². The van der Waals surface area contributed by atoms with Crippen molar-refractivity contribution < 1.29 is 4.57 Å². The van der Waals surface area contributed by atoms with E-state index < -0.39 is 0 Å². The van der Waals surface area contributed by atoms with E-state index in [-0.39, 0.29) is 0 Å². The highest BCUT2D eigenvalue weighted by Gasteiger charge is 2.25. The Morgan fingerprint density at radius 3 is 1.15 bits per heavy atom. The second-order valence-electron chi connectivity index (χ2n) is 13.6. The van der Waals surface area contributed by atoms with Gasteiger partial charge in [-0.3, -0.25) is 0 Å². The minimum Gasteiger partial charge on any atom is -0.247 e. The predicted octanol–water partition coefficient (Wildman–Crippen LogP) is 13.7. The lowest BCUT2D eigenvalue weighted by Crippen LogP contribution is -2.41. The van der Waals surface area contributed by atoms with E-state index in [2.05, 4.69) is 49.6 Å². The largest absolute Gasteiger partial charge is 0.257 e. The van der Waals surface area contributed by atoms with E-state index in [1.54, 1.807) is 0 Å². The summed E-state index contributed by atoms with van der Waals surface area (Å²) in [6.07, 6.45) is 47.2. The van der Waals surface area contributed by atoms with Crippen LogP contribution >= 0.6 is 0 Å². The van der Waals surface area contributed by atoms with Crippen LogP contribution in [0.2, 0.25) is 0 Å². The smallest absolute Gasteiger partial charge is 0.247 e. The zero-order valence-corrected chi connectivity index (χ0v) is 29.0. The van der Waals surface area contributed by atoms with Gasteiger partial charge in [-0.15, -0.1) is 0 Å². The Kier molecular flexibility index (Phi) is 27.3. The highest BCUT2D eigenvalue weighted by atomic mass is 15.1. The topological polar surface area (TPSA) is 19.7 Å². The molecule has 0 amide bonds. The Bertz CT molecular complexity index is 635. The van der Waals surface area contributed by atoms with Crippen LogP contribution in [0, 0.1) is 0 Å². The summed E-state index contributed by atoms with van der Waals surface area (Å²) < 4.78 is 2.63. The maximum atomic E-state index is 3.73. The van der Waals surface area contributed by atoms with Gasteiger partial charge >= 0.3 is 0 Å². The summed E-state index contributed by atoms with van der Waals surface area (Å²) in [5.41, 5.74) is 0. The number of nitrogens with zero attached hydrogens (tertiary/aromatic N) is 1. The number of aromatic amines is 1. The fraction of sp³-hybridized carbons (Fsp3) is 0.923. The lowest BCUT2D eigenvalue weighted by atomic mass is 9.93. The molecule has 0 saturated carbocycles. The van der Waals surface area contributed by atoms with Crippen molar-refractivity contribution in [1.29, 1.82) is 0 Å². The normalized spacial score (nSPS) is 13.2. The van der Waals surface area contributed by atoms with Crippen LogP contribution in [0.4, 0.5) is 0 Å². The van der Waals surface area contributed by atoms with E-state index in [9.17, 15) is 0 Å². The van der Waals surface area contributed by atoms with Gasteiger partial charge in [0.15, 0.2) is 0 Å². The molecule has 242 valence electrons.